The Morgan fingerprint density at radius 1 is 0.854 bits per heavy atom. The Labute approximate surface area is 243 Å². The number of rotatable bonds is 20. The summed E-state index contributed by atoms with van der Waals surface area (Å²) in [7, 11) is 0. The molecule has 0 bridgehead atoms. The number of aromatic carboxylic acids is 1. The number of carbonyl (C=O) groups excluding carboxylic acids is 2. The number of carboxylic acid groups (broad SMARTS) is 1. The average molecular weight is 569 g/mol. The van der Waals surface area contributed by atoms with Crippen LogP contribution >= 0.6 is 0 Å². The fourth-order valence-electron chi connectivity index (χ4n) is 3.40. The zero-order chi connectivity index (χ0) is 30.1. The molecule has 0 fully saturated rings. The number of carbonyl (C=O) groups is 3. The smallest absolute Gasteiger partial charge is 0.411 e. The number of nitrogens with one attached hydrogen (secondary N) is 2. The van der Waals surface area contributed by atoms with Crippen molar-refractivity contribution in [2.24, 2.45) is 0 Å². The largest absolute Gasteiger partial charge is 0.507 e. The predicted molar refractivity (Wildman–Crippen MR) is 162 cm³/mol. The standard InChI is InChI=1S/C32H44N2O7/c1-3-5-6-7-8-9-10-11-12-13-14-15-16-17-18-19-23-40-29(4-2)30(36)33-22-24-41-32(39)34-26-20-21-28(35)27(25-26)31(37)38/h5-6,8-9,11-12,14-15,17-18,20-21,25,29,35H,3-4,7,10,13,16,19,22-24H2,1-2H3,(H,33,36)(H,34,39)(H,37,38). The molecule has 1 atom stereocenters. The number of carboxylic acids is 1. The minimum absolute atomic E-state index is 0.0854. The van der Waals surface area contributed by atoms with E-state index in [1.807, 2.05) is 13.0 Å². The molecule has 0 heterocycles. The van der Waals surface area contributed by atoms with Crippen molar-refractivity contribution in [3.05, 3.63) is 84.5 Å². The number of amides is 2. The van der Waals surface area contributed by atoms with Gasteiger partial charge in [0, 0.05) is 5.69 Å². The van der Waals surface area contributed by atoms with Gasteiger partial charge in [-0.15, -0.1) is 0 Å². The first-order chi connectivity index (χ1) is 19.9. The van der Waals surface area contributed by atoms with Gasteiger partial charge in [-0.05, 0) is 63.1 Å². The third kappa shape index (κ3) is 17.2. The van der Waals surface area contributed by atoms with Crippen molar-refractivity contribution in [3.8, 4) is 5.75 Å². The maximum absolute atomic E-state index is 12.3. The molecule has 1 aromatic carbocycles. The number of allylic oxidation sites excluding steroid dienone is 9. The van der Waals surface area contributed by atoms with E-state index in [-0.39, 0.29) is 30.3 Å². The van der Waals surface area contributed by atoms with Crippen LogP contribution in [0.25, 0.3) is 0 Å². The monoisotopic (exact) mass is 568 g/mol. The second kappa shape index (κ2) is 22.7. The molecule has 2 amide bonds. The molecular weight excluding hydrogens is 524 g/mol. The maximum Gasteiger partial charge on any atom is 0.411 e. The number of aromatic hydroxyl groups is 1. The third-order valence-electron chi connectivity index (χ3n) is 5.53. The summed E-state index contributed by atoms with van der Waals surface area (Å²) in [4.78, 5) is 35.3. The lowest BCUT2D eigenvalue weighted by molar-refractivity contribution is -0.133. The maximum atomic E-state index is 12.3. The summed E-state index contributed by atoms with van der Waals surface area (Å²) in [5, 5.41) is 23.6. The second-order valence-electron chi connectivity index (χ2n) is 8.85. The van der Waals surface area contributed by atoms with E-state index < -0.39 is 23.9 Å². The van der Waals surface area contributed by atoms with Crippen molar-refractivity contribution in [2.75, 3.05) is 25.1 Å². The van der Waals surface area contributed by atoms with Crippen LogP contribution in [0.4, 0.5) is 10.5 Å². The van der Waals surface area contributed by atoms with Crippen LogP contribution in [0.3, 0.4) is 0 Å². The predicted octanol–water partition coefficient (Wildman–Crippen LogP) is 6.69. The van der Waals surface area contributed by atoms with Crippen LogP contribution < -0.4 is 10.6 Å². The van der Waals surface area contributed by atoms with Crippen molar-refractivity contribution in [1.29, 1.82) is 0 Å². The van der Waals surface area contributed by atoms with Crippen LogP contribution in [-0.2, 0) is 14.3 Å². The van der Waals surface area contributed by atoms with E-state index in [1.54, 1.807) is 0 Å². The van der Waals surface area contributed by atoms with E-state index in [0.29, 0.717) is 19.4 Å². The first kappa shape index (κ1) is 34.9. The molecule has 0 radical (unpaired) electrons. The van der Waals surface area contributed by atoms with E-state index in [0.717, 1.165) is 44.2 Å². The number of anilines is 1. The lowest BCUT2D eigenvalue weighted by atomic mass is 10.2. The molecule has 4 N–H and O–H groups in total. The Morgan fingerprint density at radius 2 is 1.44 bits per heavy atom. The molecule has 1 unspecified atom stereocenters. The molecule has 224 valence electrons. The Hall–Kier alpha value is -4.11. The Balaban J connectivity index is 2.15. The van der Waals surface area contributed by atoms with Gasteiger partial charge in [-0.25, -0.2) is 9.59 Å². The van der Waals surface area contributed by atoms with Gasteiger partial charge in [0.2, 0.25) is 5.91 Å². The fraction of sp³-hybridized carbons (Fsp3) is 0.406. The molecule has 0 aromatic heterocycles. The molecule has 41 heavy (non-hydrogen) atoms. The van der Waals surface area contributed by atoms with E-state index in [9.17, 15) is 19.5 Å². The number of benzene rings is 1. The number of hydrogen-bond donors (Lipinski definition) is 4. The van der Waals surface area contributed by atoms with Crippen molar-refractivity contribution in [3.63, 3.8) is 0 Å². The normalized spacial score (nSPS) is 12.6. The van der Waals surface area contributed by atoms with Gasteiger partial charge in [-0.1, -0.05) is 74.6 Å². The Bertz CT molecular complexity index is 1070. The highest BCUT2D eigenvalue weighted by molar-refractivity contribution is 5.94. The molecule has 0 aliphatic heterocycles. The van der Waals surface area contributed by atoms with E-state index in [1.165, 1.54) is 6.07 Å². The van der Waals surface area contributed by atoms with E-state index >= 15 is 0 Å². The van der Waals surface area contributed by atoms with Gasteiger partial charge in [-0.3, -0.25) is 10.1 Å². The SMILES string of the molecule is CCC=CCC=CCC=CCC=CCC=CCCOC(CC)C(=O)NCCOC(=O)Nc1ccc(O)c(C(=O)O)c1. The molecule has 0 spiro atoms. The van der Waals surface area contributed by atoms with Crippen molar-refractivity contribution >= 4 is 23.7 Å². The molecule has 0 saturated carbocycles. The van der Waals surface area contributed by atoms with E-state index in [2.05, 4.69) is 72.2 Å². The molecule has 0 aliphatic rings. The highest BCUT2D eigenvalue weighted by atomic mass is 16.5. The van der Waals surface area contributed by atoms with Gasteiger partial charge in [0.15, 0.2) is 0 Å². The molecule has 9 nitrogen and oxygen atoms in total. The number of ether oxygens (including phenoxy) is 2. The van der Waals surface area contributed by atoms with Crippen LogP contribution in [-0.4, -0.2) is 54.0 Å². The molecule has 0 aliphatic carbocycles. The quantitative estimate of drug-likeness (QED) is 0.0782. The number of hydrogen-bond acceptors (Lipinski definition) is 6. The lowest BCUT2D eigenvalue weighted by Crippen LogP contribution is -2.38. The third-order valence-corrected chi connectivity index (χ3v) is 5.53. The lowest BCUT2D eigenvalue weighted by Gasteiger charge is -2.15. The fourth-order valence-corrected chi connectivity index (χ4v) is 3.40. The molecule has 0 saturated heterocycles. The summed E-state index contributed by atoms with van der Waals surface area (Å²) in [6, 6.07) is 3.61. The van der Waals surface area contributed by atoms with Crippen LogP contribution in [0.2, 0.25) is 0 Å². The Morgan fingerprint density at radius 3 is 2.00 bits per heavy atom. The summed E-state index contributed by atoms with van der Waals surface area (Å²) in [5.41, 5.74) is -0.191. The summed E-state index contributed by atoms with van der Waals surface area (Å²) in [5.74, 6) is -2.03. The first-order valence-electron chi connectivity index (χ1n) is 14.0. The van der Waals surface area contributed by atoms with Gasteiger partial charge in [0.05, 0.1) is 13.2 Å². The summed E-state index contributed by atoms with van der Waals surface area (Å²) in [6.45, 7) is 4.41. The molecule has 9 heteroatoms. The van der Waals surface area contributed by atoms with Crippen molar-refractivity contribution in [2.45, 2.75) is 64.9 Å². The van der Waals surface area contributed by atoms with Gasteiger partial charge < -0.3 is 25.0 Å². The van der Waals surface area contributed by atoms with Crippen molar-refractivity contribution < 1.29 is 34.1 Å². The van der Waals surface area contributed by atoms with Crippen LogP contribution in [0.5, 0.6) is 5.75 Å². The van der Waals surface area contributed by atoms with Gasteiger partial charge in [0.1, 0.15) is 24.0 Å². The van der Waals surface area contributed by atoms with Gasteiger partial charge >= 0.3 is 12.1 Å². The molecule has 1 aromatic rings. The van der Waals surface area contributed by atoms with Crippen LogP contribution in [0.1, 0.15) is 69.2 Å². The first-order valence-corrected chi connectivity index (χ1v) is 14.0. The van der Waals surface area contributed by atoms with Crippen LogP contribution in [0, 0.1) is 0 Å². The Kier molecular flexibility index (Phi) is 19.3. The minimum atomic E-state index is -1.33. The summed E-state index contributed by atoms with van der Waals surface area (Å²) < 4.78 is 10.7. The molecule has 1 rings (SSSR count). The van der Waals surface area contributed by atoms with E-state index in [4.69, 9.17) is 14.6 Å². The van der Waals surface area contributed by atoms with Gasteiger partial charge in [-0.2, -0.15) is 0 Å². The molecular formula is C32H44N2O7. The summed E-state index contributed by atoms with van der Waals surface area (Å²) >= 11 is 0. The zero-order valence-electron chi connectivity index (χ0n) is 24.1. The topological polar surface area (TPSA) is 134 Å². The minimum Gasteiger partial charge on any atom is -0.507 e. The zero-order valence-corrected chi connectivity index (χ0v) is 24.1. The van der Waals surface area contributed by atoms with Crippen molar-refractivity contribution in [1.82, 2.24) is 5.32 Å². The number of phenols is 1. The second-order valence-corrected chi connectivity index (χ2v) is 8.85. The highest BCUT2D eigenvalue weighted by Gasteiger charge is 2.16. The highest BCUT2D eigenvalue weighted by Crippen LogP contribution is 2.21. The van der Waals surface area contributed by atoms with Crippen LogP contribution in [0.15, 0.2) is 79.0 Å². The summed E-state index contributed by atoms with van der Waals surface area (Å²) in [6.07, 6.45) is 26.0. The average Bonchev–Trinajstić information content (AvgIpc) is 2.95. The van der Waals surface area contributed by atoms with Gasteiger partial charge in [0.25, 0.3) is 0 Å².